The first-order chi connectivity index (χ1) is 41.5. The maximum absolute atomic E-state index is 14.4. The van der Waals surface area contributed by atoms with E-state index in [1.165, 1.54) is 205 Å². The molecule has 85 heavy (non-hydrogen) atoms. The van der Waals surface area contributed by atoms with Crippen LogP contribution in [0.3, 0.4) is 0 Å². The highest BCUT2D eigenvalue weighted by Gasteiger charge is 2.44. The van der Waals surface area contributed by atoms with Crippen LogP contribution < -0.4 is 0 Å². The summed E-state index contributed by atoms with van der Waals surface area (Å²) in [5.41, 5.74) is -1.21. The molecular formula is C77H132O8. The Bertz CT molecular complexity index is 1580. The Morgan fingerprint density at radius 3 is 0.576 bits per heavy atom. The molecule has 8 heteroatoms. The number of carbonyl (C=O) groups is 4. The topological polar surface area (TPSA) is 105 Å². The molecule has 0 aromatic heterocycles. The summed E-state index contributed by atoms with van der Waals surface area (Å²) in [6.45, 7) is 8.74. The largest absolute Gasteiger partial charge is 0.464 e. The van der Waals surface area contributed by atoms with Crippen LogP contribution in [0.15, 0.2) is 0 Å². The third-order valence-electron chi connectivity index (χ3n) is 25.6. The monoisotopic (exact) mass is 1180 g/mol. The fourth-order valence-corrected chi connectivity index (χ4v) is 19.4. The molecule has 8 aliphatic carbocycles. The van der Waals surface area contributed by atoms with Gasteiger partial charge in [0.25, 0.3) is 0 Å². The van der Waals surface area contributed by atoms with Crippen molar-refractivity contribution in [1.82, 2.24) is 0 Å². The van der Waals surface area contributed by atoms with Gasteiger partial charge in [-0.2, -0.15) is 0 Å². The fourth-order valence-electron chi connectivity index (χ4n) is 19.4. The van der Waals surface area contributed by atoms with Gasteiger partial charge in [0.05, 0.1) is 23.7 Å². The molecule has 0 N–H and O–H groups in total. The molecule has 8 fully saturated rings. The second-order valence-electron chi connectivity index (χ2n) is 31.5. The van der Waals surface area contributed by atoms with E-state index in [1.807, 2.05) is 0 Å². The summed E-state index contributed by atoms with van der Waals surface area (Å²) >= 11 is 0. The van der Waals surface area contributed by atoms with Crippen molar-refractivity contribution in [3.8, 4) is 0 Å². The minimum atomic E-state index is -1.21. The van der Waals surface area contributed by atoms with Crippen molar-refractivity contribution >= 4 is 23.9 Å². The average Bonchev–Trinajstić information content (AvgIpc) is 3.72. The fraction of sp³-hybridized carbons (Fsp3) is 0.948. The smallest absolute Gasteiger partial charge is 0.308 e. The van der Waals surface area contributed by atoms with Crippen molar-refractivity contribution in [1.29, 1.82) is 0 Å². The maximum Gasteiger partial charge on any atom is 0.308 e. The minimum Gasteiger partial charge on any atom is -0.464 e. The first kappa shape index (κ1) is 68.8. The second kappa shape index (κ2) is 37.3. The van der Waals surface area contributed by atoms with Gasteiger partial charge in [0, 0.05) is 0 Å². The lowest BCUT2D eigenvalue weighted by Crippen LogP contribution is -2.46. The van der Waals surface area contributed by atoms with Gasteiger partial charge in [0.2, 0.25) is 0 Å². The van der Waals surface area contributed by atoms with E-state index in [4.69, 9.17) is 18.9 Å². The zero-order valence-corrected chi connectivity index (χ0v) is 55.8. The Hall–Kier alpha value is -2.12. The molecule has 0 heterocycles. The Balaban J connectivity index is 0.903. The van der Waals surface area contributed by atoms with Crippen molar-refractivity contribution < 1.29 is 38.1 Å². The van der Waals surface area contributed by atoms with Crippen LogP contribution >= 0.6 is 0 Å². The van der Waals surface area contributed by atoms with Crippen LogP contribution in [-0.4, -0.2) is 50.3 Å². The second-order valence-corrected chi connectivity index (χ2v) is 31.5. The summed E-state index contributed by atoms with van der Waals surface area (Å²) in [6.07, 6.45) is 58.4. The molecule has 0 unspecified atom stereocenters. The van der Waals surface area contributed by atoms with E-state index in [2.05, 4.69) is 27.7 Å². The highest BCUT2D eigenvalue weighted by Crippen LogP contribution is 2.47. The lowest BCUT2D eigenvalue weighted by Gasteiger charge is -2.39. The third kappa shape index (κ3) is 22.1. The van der Waals surface area contributed by atoms with Crippen molar-refractivity contribution in [3.63, 3.8) is 0 Å². The average molecular weight is 1190 g/mol. The highest BCUT2D eigenvalue weighted by atomic mass is 16.6. The summed E-state index contributed by atoms with van der Waals surface area (Å²) in [5.74, 6) is 7.81. The van der Waals surface area contributed by atoms with Crippen LogP contribution in [0.5, 0.6) is 0 Å². The number of rotatable bonds is 32. The summed E-state index contributed by atoms with van der Waals surface area (Å²) in [4.78, 5) is 57.7. The predicted octanol–water partition coefficient (Wildman–Crippen LogP) is 20.9. The summed E-state index contributed by atoms with van der Waals surface area (Å²) < 4.78 is 25.8. The van der Waals surface area contributed by atoms with Crippen LogP contribution in [0.4, 0.5) is 0 Å². The van der Waals surface area contributed by atoms with Gasteiger partial charge in [-0.05, 0) is 225 Å². The van der Waals surface area contributed by atoms with Crippen LogP contribution in [0.25, 0.3) is 0 Å². The molecule has 0 atom stereocenters. The number of carbonyl (C=O) groups excluding carboxylic acids is 4. The van der Waals surface area contributed by atoms with E-state index in [0.29, 0.717) is 23.7 Å². The normalized spacial score (nSPS) is 34.2. The quantitative estimate of drug-likeness (QED) is 0.0373. The van der Waals surface area contributed by atoms with E-state index in [1.54, 1.807) is 0 Å². The van der Waals surface area contributed by atoms with Crippen molar-refractivity contribution in [3.05, 3.63) is 0 Å². The molecule has 0 radical (unpaired) electrons. The molecule has 0 aromatic carbocycles. The first-order valence-electron chi connectivity index (χ1n) is 38.2. The van der Waals surface area contributed by atoms with Gasteiger partial charge in [-0.15, -0.1) is 0 Å². The number of hydrogen-bond donors (Lipinski definition) is 0. The molecule has 488 valence electrons. The Labute approximate surface area is 522 Å². The molecule has 8 aliphatic rings. The summed E-state index contributed by atoms with van der Waals surface area (Å²) in [5, 5.41) is 0. The molecule has 8 rings (SSSR count). The van der Waals surface area contributed by atoms with Gasteiger partial charge in [0.15, 0.2) is 0 Å². The Morgan fingerprint density at radius 1 is 0.247 bits per heavy atom. The zero-order chi connectivity index (χ0) is 59.6. The standard InChI is InChI=1S/C77H132O8/c1-5-9-13-17-57-21-29-61(30-22-57)65-37-45-69(46-38-65)73(78)82-53-77(54-83-74(79)70-47-39-66(40-48-70)62-31-23-58(24-32-62)18-14-10-6-2,55-84-75(80)71-49-41-67(42-50-71)63-33-25-59(26-34-63)19-15-11-7-3)56-85-76(81)72-51-43-68(44-52-72)64-35-27-60(28-36-64)20-16-12-8-4/h57-72H,5-56H2,1-4H3/t57-,58-,59-,60-,61-,62-,63-,64-,65-,66-,67-,68-,69-,70-,71-,72-. The van der Waals surface area contributed by atoms with Gasteiger partial charge in [-0.1, -0.05) is 182 Å². The maximum atomic E-state index is 14.4. The van der Waals surface area contributed by atoms with Gasteiger partial charge in [-0.3, -0.25) is 19.2 Å². The molecule has 0 aliphatic heterocycles. The molecule has 0 saturated heterocycles. The number of ether oxygens (including phenoxy) is 4. The van der Waals surface area contributed by atoms with Crippen LogP contribution in [0, 0.1) is 100 Å². The molecule has 0 spiro atoms. The predicted molar refractivity (Wildman–Crippen MR) is 346 cm³/mol. The van der Waals surface area contributed by atoms with E-state index in [0.717, 1.165) is 150 Å². The SMILES string of the molecule is CCCCC[C@H]1CC[C@H]([C@H]2CC[C@H](C(=O)OCC(COC(=O)[C@H]3CC[C@H]([C@H]4CC[C@H](CCCCC)CC4)CC3)(COC(=O)[C@H]3CC[C@H]([C@H]4CC[C@H](CCCCC)CC4)CC3)COC(=O)[C@H]3CC[C@H]([C@H]4CC[C@H](CCCCC)CC4)CC3)CC2)CC1. The molecule has 0 aromatic rings. The lowest BCUT2D eigenvalue weighted by molar-refractivity contribution is -0.177. The van der Waals surface area contributed by atoms with E-state index >= 15 is 0 Å². The third-order valence-corrected chi connectivity index (χ3v) is 25.6. The van der Waals surface area contributed by atoms with Gasteiger partial charge in [-0.25, -0.2) is 0 Å². The van der Waals surface area contributed by atoms with Crippen LogP contribution in [-0.2, 0) is 38.1 Å². The summed E-state index contributed by atoms with van der Waals surface area (Å²) in [7, 11) is 0. The minimum absolute atomic E-state index is 0.114. The van der Waals surface area contributed by atoms with E-state index in [-0.39, 0.29) is 74.0 Å². The molecule has 8 saturated carbocycles. The molecular weight excluding hydrogens is 1050 g/mol. The molecule has 0 amide bonds. The molecule has 0 bridgehead atoms. The van der Waals surface area contributed by atoms with Crippen molar-refractivity contribution in [2.75, 3.05) is 26.4 Å². The van der Waals surface area contributed by atoms with Crippen LogP contribution in [0.2, 0.25) is 0 Å². The Kier molecular flexibility index (Phi) is 30.2. The number of hydrogen-bond acceptors (Lipinski definition) is 8. The van der Waals surface area contributed by atoms with Gasteiger partial charge >= 0.3 is 23.9 Å². The van der Waals surface area contributed by atoms with Crippen LogP contribution in [0.1, 0.15) is 336 Å². The van der Waals surface area contributed by atoms with Crippen molar-refractivity contribution in [2.45, 2.75) is 336 Å². The Morgan fingerprint density at radius 2 is 0.412 bits per heavy atom. The first-order valence-corrected chi connectivity index (χ1v) is 38.2. The highest BCUT2D eigenvalue weighted by molar-refractivity contribution is 5.74. The zero-order valence-electron chi connectivity index (χ0n) is 55.8. The number of esters is 4. The van der Waals surface area contributed by atoms with E-state index in [9.17, 15) is 19.2 Å². The number of unbranched alkanes of at least 4 members (excludes halogenated alkanes) is 8. The van der Waals surface area contributed by atoms with Gasteiger partial charge < -0.3 is 18.9 Å². The summed E-state index contributed by atoms with van der Waals surface area (Å²) in [6, 6.07) is 0. The lowest BCUT2D eigenvalue weighted by atomic mass is 9.68. The van der Waals surface area contributed by atoms with Gasteiger partial charge in [0.1, 0.15) is 31.8 Å². The molecule has 8 nitrogen and oxygen atoms in total. The van der Waals surface area contributed by atoms with E-state index < -0.39 is 5.41 Å². The van der Waals surface area contributed by atoms with Crippen molar-refractivity contribution in [2.24, 2.45) is 100 Å².